The third-order valence-electron chi connectivity index (χ3n) is 3.82. The van der Waals surface area contributed by atoms with E-state index in [9.17, 15) is 4.79 Å². The molecule has 2 aromatic rings. The molecule has 0 aromatic heterocycles. The molecule has 23 heavy (non-hydrogen) atoms. The predicted molar refractivity (Wildman–Crippen MR) is 91.6 cm³/mol. The second-order valence-corrected chi connectivity index (χ2v) is 5.49. The van der Waals surface area contributed by atoms with Crippen LogP contribution >= 0.6 is 0 Å². The first-order valence-electron chi connectivity index (χ1n) is 7.41. The largest absolute Gasteiger partial charge is 0.496 e. The van der Waals surface area contributed by atoms with Crippen LogP contribution in [0.3, 0.4) is 0 Å². The van der Waals surface area contributed by atoms with Gasteiger partial charge >= 0.3 is 0 Å². The van der Waals surface area contributed by atoms with Crippen LogP contribution in [0.5, 0.6) is 5.75 Å². The maximum Gasteiger partial charge on any atom is 0.275 e. The molecule has 116 valence electrons. The summed E-state index contributed by atoms with van der Waals surface area (Å²) in [5, 5.41) is 2.84. The Labute approximate surface area is 135 Å². The van der Waals surface area contributed by atoms with Crippen molar-refractivity contribution in [2.75, 3.05) is 7.11 Å². The Morgan fingerprint density at radius 1 is 1.09 bits per heavy atom. The number of carbonyl (C=O) groups excluding carboxylic acids is 1. The lowest BCUT2D eigenvalue weighted by Crippen LogP contribution is -2.25. The van der Waals surface area contributed by atoms with E-state index in [2.05, 4.69) is 10.3 Å². The molecule has 0 saturated carbocycles. The third-order valence-corrected chi connectivity index (χ3v) is 3.82. The van der Waals surface area contributed by atoms with Gasteiger partial charge in [0.25, 0.3) is 5.91 Å². The Morgan fingerprint density at radius 2 is 1.87 bits per heavy atom. The molecule has 0 atom stereocenters. The Bertz CT molecular complexity index is 835. The number of amides is 1. The van der Waals surface area contributed by atoms with Crippen molar-refractivity contribution in [3.05, 3.63) is 70.4 Å². The molecule has 0 saturated heterocycles. The van der Waals surface area contributed by atoms with Gasteiger partial charge in [-0.05, 0) is 48.7 Å². The molecule has 0 unspecified atom stereocenters. The van der Waals surface area contributed by atoms with Crippen LogP contribution in [-0.4, -0.2) is 18.9 Å². The van der Waals surface area contributed by atoms with Crippen molar-refractivity contribution in [2.45, 2.75) is 13.8 Å². The zero-order chi connectivity index (χ0) is 16.4. The Hall–Kier alpha value is -2.88. The SMILES string of the molecule is COc1ccc(/C=C2/N=C(c3ccccc3C)NC2=O)cc1C. The summed E-state index contributed by atoms with van der Waals surface area (Å²) in [4.78, 5) is 16.6. The van der Waals surface area contributed by atoms with E-state index in [4.69, 9.17) is 4.74 Å². The number of nitrogens with zero attached hydrogens (tertiary/aromatic N) is 1. The van der Waals surface area contributed by atoms with Gasteiger partial charge in [-0.15, -0.1) is 0 Å². The first-order valence-corrected chi connectivity index (χ1v) is 7.41. The highest BCUT2D eigenvalue weighted by molar-refractivity contribution is 6.20. The van der Waals surface area contributed by atoms with E-state index in [0.717, 1.165) is 28.0 Å². The zero-order valence-corrected chi connectivity index (χ0v) is 13.4. The van der Waals surface area contributed by atoms with Crippen LogP contribution in [0.2, 0.25) is 0 Å². The smallest absolute Gasteiger partial charge is 0.275 e. The fourth-order valence-corrected chi connectivity index (χ4v) is 2.58. The molecular formula is C19H18N2O2. The molecule has 4 heteroatoms. The second kappa shape index (κ2) is 6.08. The van der Waals surface area contributed by atoms with E-state index in [1.807, 2.05) is 56.3 Å². The van der Waals surface area contributed by atoms with E-state index in [1.165, 1.54) is 0 Å². The number of carbonyl (C=O) groups is 1. The summed E-state index contributed by atoms with van der Waals surface area (Å²) in [5.41, 5.74) is 4.36. The molecule has 0 fully saturated rings. The van der Waals surface area contributed by atoms with Crippen LogP contribution in [0.1, 0.15) is 22.3 Å². The van der Waals surface area contributed by atoms with Gasteiger partial charge in [0.1, 0.15) is 17.3 Å². The minimum atomic E-state index is -0.184. The molecule has 1 N–H and O–H groups in total. The lowest BCUT2D eigenvalue weighted by Gasteiger charge is -2.04. The van der Waals surface area contributed by atoms with Crippen molar-refractivity contribution < 1.29 is 9.53 Å². The van der Waals surface area contributed by atoms with Crippen LogP contribution in [0, 0.1) is 13.8 Å². The topological polar surface area (TPSA) is 50.7 Å². The Balaban J connectivity index is 1.95. The van der Waals surface area contributed by atoms with Crippen LogP contribution in [-0.2, 0) is 4.79 Å². The normalized spacial score (nSPS) is 15.5. The standard InChI is InChI=1S/C19H18N2O2/c1-12-6-4-5-7-15(12)18-20-16(19(22)21-18)11-14-8-9-17(23-3)13(2)10-14/h4-11H,1-3H3,(H,20,21,22)/b16-11+. The number of rotatable bonds is 3. The summed E-state index contributed by atoms with van der Waals surface area (Å²) in [6, 6.07) is 13.6. The van der Waals surface area contributed by atoms with Crippen molar-refractivity contribution in [2.24, 2.45) is 4.99 Å². The van der Waals surface area contributed by atoms with Gasteiger partial charge < -0.3 is 10.1 Å². The Kier molecular flexibility index (Phi) is 3.98. The summed E-state index contributed by atoms with van der Waals surface area (Å²) >= 11 is 0. The summed E-state index contributed by atoms with van der Waals surface area (Å²) in [7, 11) is 1.64. The number of aliphatic imine (C=N–C) groups is 1. The highest BCUT2D eigenvalue weighted by Crippen LogP contribution is 2.22. The maximum absolute atomic E-state index is 12.2. The summed E-state index contributed by atoms with van der Waals surface area (Å²) in [6.07, 6.45) is 1.78. The quantitative estimate of drug-likeness (QED) is 0.885. The monoisotopic (exact) mass is 306 g/mol. The highest BCUT2D eigenvalue weighted by atomic mass is 16.5. The molecule has 1 aliphatic rings. The molecule has 1 heterocycles. The highest BCUT2D eigenvalue weighted by Gasteiger charge is 2.21. The molecule has 0 radical (unpaired) electrons. The zero-order valence-electron chi connectivity index (χ0n) is 13.4. The van der Waals surface area contributed by atoms with Crippen molar-refractivity contribution in [3.63, 3.8) is 0 Å². The lowest BCUT2D eigenvalue weighted by atomic mass is 10.1. The van der Waals surface area contributed by atoms with Crippen molar-refractivity contribution in [3.8, 4) is 5.75 Å². The number of aryl methyl sites for hydroxylation is 2. The van der Waals surface area contributed by atoms with Crippen molar-refractivity contribution in [1.29, 1.82) is 0 Å². The molecule has 1 amide bonds. The van der Waals surface area contributed by atoms with E-state index < -0.39 is 0 Å². The van der Waals surface area contributed by atoms with E-state index in [-0.39, 0.29) is 5.91 Å². The van der Waals surface area contributed by atoms with Gasteiger partial charge in [0.15, 0.2) is 0 Å². The number of hydrogen-bond acceptors (Lipinski definition) is 3. The average Bonchev–Trinajstić information content (AvgIpc) is 2.89. The van der Waals surface area contributed by atoms with Crippen molar-refractivity contribution in [1.82, 2.24) is 5.32 Å². The van der Waals surface area contributed by atoms with Gasteiger partial charge in [0.2, 0.25) is 0 Å². The van der Waals surface area contributed by atoms with Gasteiger partial charge in [-0.1, -0.05) is 30.3 Å². The van der Waals surface area contributed by atoms with E-state index in [0.29, 0.717) is 11.5 Å². The lowest BCUT2D eigenvalue weighted by molar-refractivity contribution is -0.115. The summed E-state index contributed by atoms with van der Waals surface area (Å²) < 4.78 is 5.25. The maximum atomic E-state index is 12.2. The first-order chi connectivity index (χ1) is 11.1. The number of nitrogens with one attached hydrogen (secondary N) is 1. The number of amidine groups is 1. The van der Waals surface area contributed by atoms with Gasteiger partial charge in [-0.25, -0.2) is 4.99 Å². The minimum absolute atomic E-state index is 0.184. The van der Waals surface area contributed by atoms with E-state index in [1.54, 1.807) is 13.2 Å². The molecule has 1 aliphatic heterocycles. The summed E-state index contributed by atoms with van der Waals surface area (Å²) in [5.74, 6) is 1.24. The minimum Gasteiger partial charge on any atom is -0.496 e. The predicted octanol–water partition coefficient (Wildman–Crippen LogP) is 3.23. The van der Waals surface area contributed by atoms with Crippen LogP contribution in [0.4, 0.5) is 0 Å². The van der Waals surface area contributed by atoms with Gasteiger partial charge in [0.05, 0.1) is 7.11 Å². The molecule has 0 bridgehead atoms. The van der Waals surface area contributed by atoms with Crippen LogP contribution in [0.25, 0.3) is 6.08 Å². The second-order valence-electron chi connectivity index (χ2n) is 5.49. The van der Waals surface area contributed by atoms with Gasteiger partial charge in [-0.2, -0.15) is 0 Å². The molecule has 4 nitrogen and oxygen atoms in total. The number of benzene rings is 2. The van der Waals surface area contributed by atoms with Crippen LogP contribution in [0.15, 0.2) is 53.2 Å². The van der Waals surface area contributed by atoms with Crippen molar-refractivity contribution >= 4 is 17.8 Å². The van der Waals surface area contributed by atoms with Crippen LogP contribution < -0.4 is 10.1 Å². The summed E-state index contributed by atoms with van der Waals surface area (Å²) in [6.45, 7) is 3.97. The molecule has 0 aliphatic carbocycles. The van der Waals surface area contributed by atoms with Gasteiger partial charge in [0, 0.05) is 5.56 Å². The van der Waals surface area contributed by atoms with Gasteiger partial charge in [-0.3, -0.25) is 4.79 Å². The Morgan fingerprint density at radius 3 is 2.57 bits per heavy atom. The fraction of sp³-hybridized carbons (Fsp3) is 0.158. The number of methoxy groups -OCH3 is 1. The fourth-order valence-electron chi connectivity index (χ4n) is 2.58. The molecule has 3 rings (SSSR count). The third kappa shape index (κ3) is 3.01. The average molecular weight is 306 g/mol. The first kappa shape index (κ1) is 15.0. The van der Waals surface area contributed by atoms with E-state index >= 15 is 0 Å². The molecule has 0 spiro atoms. The number of hydrogen-bond donors (Lipinski definition) is 1. The number of ether oxygens (including phenoxy) is 1. The molecule has 2 aromatic carbocycles. The molecular weight excluding hydrogens is 288 g/mol.